The van der Waals surface area contributed by atoms with Gasteiger partial charge in [-0.3, -0.25) is 9.69 Å². The van der Waals surface area contributed by atoms with Gasteiger partial charge in [0, 0.05) is 17.5 Å². The molecule has 2 aromatic heterocycles. The highest BCUT2D eigenvalue weighted by Crippen LogP contribution is 2.32. The molecule has 0 amide bonds. The van der Waals surface area contributed by atoms with Gasteiger partial charge in [-0.15, -0.1) is 11.3 Å². The largest absolute Gasteiger partial charge is 0.491 e. The molecule has 4 aromatic rings. The molecule has 6 nitrogen and oxygen atoms in total. The normalized spacial score (nSPS) is 12.4. The number of aliphatic hydroxyl groups excluding tert-OH is 1. The van der Waals surface area contributed by atoms with Crippen LogP contribution in [0, 0.1) is 13.8 Å². The average molecular weight is 464 g/mol. The molecule has 7 heteroatoms. The Morgan fingerprint density at radius 1 is 1.09 bits per heavy atom. The van der Waals surface area contributed by atoms with Gasteiger partial charge in [-0.05, 0) is 43.1 Å². The summed E-state index contributed by atoms with van der Waals surface area (Å²) in [6, 6.07) is 15.8. The highest BCUT2D eigenvalue weighted by molar-refractivity contribution is 7.17. The number of ether oxygens (including phenoxy) is 1. The number of thiophene rings is 1. The van der Waals surface area contributed by atoms with Crippen LogP contribution in [0.4, 0.5) is 0 Å². The molecule has 0 saturated heterocycles. The van der Waals surface area contributed by atoms with E-state index in [2.05, 4.69) is 4.98 Å². The van der Waals surface area contributed by atoms with Crippen LogP contribution in [-0.2, 0) is 6.54 Å². The molecule has 0 unspecified atom stereocenters. The molecule has 2 aromatic carbocycles. The zero-order valence-corrected chi connectivity index (χ0v) is 20.0. The fraction of sp³-hybridized carbons (Fsp3) is 0.308. The fourth-order valence-corrected chi connectivity index (χ4v) is 4.87. The molecule has 2 N–H and O–H groups in total. The number of hydrogen-bond donors (Lipinski definition) is 2. The topological polar surface area (TPSA) is 78.5 Å². The molecular weight excluding hydrogens is 434 g/mol. The van der Waals surface area contributed by atoms with Gasteiger partial charge in [0.05, 0.1) is 11.9 Å². The third-order valence-corrected chi connectivity index (χ3v) is 6.61. The number of nitrogens with zero attached hydrogens (tertiary/aromatic N) is 2. The molecule has 0 aliphatic carbocycles. The van der Waals surface area contributed by atoms with E-state index in [1.54, 1.807) is 0 Å². The fourth-order valence-electron chi connectivity index (χ4n) is 3.91. The third-order valence-electron chi connectivity index (χ3n) is 5.74. The van der Waals surface area contributed by atoms with Crippen molar-refractivity contribution < 1.29 is 9.84 Å². The summed E-state index contributed by atoms with van der Waals surface area (Å²) in [5.74, 6) is 1.37. The molecule has 0 saturated carbocycles. The number of fused-ring (bicyclic) bond motifs is 1. The number of nitrogens with one attached hydrogen (secondary N) is 1. The summed E-state index contributed by atoms with van der Waals surface area (Å²) in [6.45, 7) is 7.82. The van der Waals surface area contributed by atoms with Crippen molar-refractivity contribution in [2.45, 2.75) is 33.4 Å². The van der Waals surface area contributed by atoms with Crippen molar-refractivity contribution in [3.05, 3.63) is 81.2 Å². The molecular formula is C26H29N3O3S. The molecule has 172 valence electrons. The first kappa shape index (κ1) is 23.2. The van der Waals surface area contributed by atoms with Crippen molar-refractivity contribution in [1.29, 1.82) is 0 Å². The van der Waals surface area contributed by atoms with Crippen LogP contribution in [-0.4, -0.2) is 45.8 Å². The monoisotopic (exact) mass is 463 g/mol. The minimum absolute atomic E-state index is 0.131. The van der Waals surface area contributed by atoms with E-state index in [1.165, 1.54) is 11.3 Å². The van der Waals surface area contributed by atoms with Gasteiger partial charge in [-0.1, -0.05) is 49.4 Å². The van der Waals surface area contributed by atoms with E-state index in [0.717, 1.165) is 32.8 Å². The van der Waals surface area contributed by atoms with Crippen LogP contribution >= 0.6 is 11.3 Å². The Morgan fingerprint density at radius 2 is 1.82 bits per heavy atom. The first-order valence-electron chi connectivity index (χ1n) is 11.1. The van der Waals surface area contributed by atoms with Crippen LogP contribution in [0.2, 0.25) is 0 Å². The van der Waals surface area contributed by atoms with Crippen LogP contribution in [0.3, 0.4) is 0 Å². The van der Waals surface area contributed by atoms with E-state index in [-0.39, 0.29) is 12.2 Å². The van der Waals surface area contributed by atoms with Crippen LogP contribution in [0.25, 0.3) is 21.3 Å². The van der Waals surface area contributed by atoms with Crippen molar-refractivity contribution in [3.8, 4) is 16.9 Å². The number of aromatic nitrogens is 2. The number of benzene rings is 2. The molecule has 0 aliphatic rings. The second-order valence-electron chi connectivity index (χ2n) is 8.22. The predicted octanol–water partition coefficient (Wildman–Crippen LogP) is 4.53. The number of H-pyrrole nitrogens is 1. The lowest BCUT2D eigenvalue weighted by molar-refractivity contribution is 0.0664. The molecule has 0 radical (unpaired) electrons. The van der Waals surface area contributed by atoms with Gasteiger partial charge >= 0.3 is 0 Å². The lowest BCUT2D eigenvalue weighted by atomic mass is 10.0. The summed E-state index contributed by atoms with van der Waals surface area (Å²) in [4.78, 5) is 23.4. The second-order valence-corrected chi connectivity index (χ2v) is 9.07. The minimum atomic E-state index is -0.658. The van der Waals surface area contributed by atoms with Gasteiger partial charge in [0.1, 0.15) is 29.1 Å². The predicted molar refractivity (Wildman–Crippen MR) is 134 cm³/mol. The molecule has 0 aliphatic heterocycles. The molecule has 1 atom stereocenters. The SMILES string of the molecule is CCN(Cc1nc2scc(-c3ccccc3C)c2c(=O)[nH]1)C[C@@H](O)COc1ccccc1C. The second kappa shape index (κ2) is 10.3. The highest BCUT2D eigenvalue weighted by Gasteiger charge is 2.17. The summed E-state index contributed by atoms with van der Waals surface area (Å²) in [6.07, 6.45) is -0.658. The number of aryl methyl sites for hydroxylation is 2. The van der Waals surface area contributed by atoms with Crippen molar-refractivity contribution >= 4 is 21.6 Å². The van der Waals surface area contributed by atoms with Gasteiger partial charge in [-0.25, -0.2) is 4.98 Å². The maximum absolute atomic E-state index is 13.0. The number of hydrogen-bond acceptors (Lipinski definition) is 6. The van der Waals surface area contributed by atoms with Gasteiger partial charge in [-0.2, -0.15) is 0 Å². The van der Waals surface area contributed by atoms with E-state index >= 15 is 0 Å². The lowest BCUT2D eigenvalue weighted by Gasteiger charge is -2.23. The lowest BCUT2D eigenvalue weighted by Crippen LogP contribution is -2.36. The Balaban J connectivity index is 1.46. The molecule has 33 heavy (non-hydrogen) atoms. The smallest absolute Gasteiger partial charge is 0.260 e. The Kier molecular flexibility index (Phi) is 7.23. The van der Waals surface area contributed by atoms with Crippen LogP contribution in [0.1, 0.15) is 23.9 Å². The van der Waals surface area contributed by atoms with E-state index in [0.29, 0.717) is 30.8 Å². The summed E-state index contributed by atoms with van der Waals surface area (Å²) in [7, 11) is 0. The van der Waals surface area contributed by atoms with Crippen LogP contribution in [0.15, 0.2) is 58.7 Å². The minimum Gasteiger partial charge on any atom is -0.491 e. The van der Waals surface area contributed by atoms with Crippen LogP contribution in [0.5, 0.6) is 5.75 Å². The standard InChI is InChI=1S/C26H29N3O3S/c1-4-29(13-19(30)15-32-22-12-8-6-10-18(22)3)14-23-27-25(31)24-21(16-33-26(24)28-23)20-11-7-5-9-17(20)2/h5-12,16,19,30H,4,13-15H2,1-3H3,(H,27,28,31)/t19-/m1/s1. The summed E-state index contributed by atoms with van der Waals surface area (Å²) in [5, 5.41) is 13.1. The highest BCUT2D eigenvalue weighted by atomic mass is 32.1. The van der Waals surface area contributed by atoms with Crippen molar-refractivity contribution in [1.82, 2.24) is 14.9 Å². The van der Waals surface area contributed by atoms with E-state index in [9.17, 15) is 9.90 Å². The van der Waals surface area contributed by atoms with E-state index in [1.807, 2.05) is 79.6 Å². The number of likely N-dealkylation sites (N-methyl/N-ethyl adjacent to an activating group) is 1. The molecule has 0 bridgehead atoms. The Labute approximate surface area is 197 Å². The first-order chi connectivity index (χ1) is 16.0. The number of para-hydroxylation sites is 1. The Morgan fingerprint density at radius 3 is 2.55 bits per heavy atom. The van der Waals surface area contributed by atoms with Crippen molar-refractivity contribution in [2.24, 2.45) is 0 Å². The average Bonchev–Trinajstić information content (AvgIpc) is 3.22. The zero-order chi connectivity index (χ0) is 23.4. The summed E-state index contributed by atoms with van der Waals surface area (Å²) >= 11 is 1.48. The third kappa shape index (κ3) is 5.33. The molecule has 2 heterocycles. The zero-order valence-electron chi connectivity index (χ0n) is 19.2. The van der Waals surface area contributed by atoms with E-state index < -0.39 is 6.10 Å². The van der Waals surface area contributed by atoms with Crippen molar-refractivity contribution in [3.63, 3.8) is 0 Å². The Bertz CT molecular complexity index is 1300. The number of aromatic amines is 1. The molecule has 0 fully saturated rings. The Hall–Kier alpha value is -3.00. The maximum atomic E-state index is 13.0. The molecule has 0 spiro atoms. The number of rotatable bonds is 9. The molecule has 4 rings (SSSR count). The van der Waals surface area contributed by atoms with Gasteiger partial charge in [0.2, 0.25) is 0 Å². The summed E-state index contributed by atoms with van der Waals surface area (Å²) in [5.41, 5.74) is 4.00. The van der Waals surface area contributed by atoms with Crippen LogP contribution < -0.4 is 10.3 Å². The van der Waals surface area contributed by atoms with Gasteiger partial charge in [0.25, 0.3) is 5.56 Å². The maximum Gasteiger partial charge on any atom is 0.260 e. The van der Waals surface area contributed by atoms with Gasteiger partial charge in [0.15, 0.2) is 0 Å². The van der Waals surface area contributed by atoms with Gasteiger partial charge < -0.3 is 14.8 Å². The summed E-state index contributed by atoms with van der Waals surface area (Å²) < 4.78 is 5.78. The number of aliphatic hydroxyl groups is 1. The van der Waals surface area contributed by atoms with E-state index in [4.69, 9.17) is 9.72 Å². The quantitative estimate of drug-likeness (QED) is 0.381. The van der Waals surface area contributed by atoms with Crippen molar-refractivity contribution in [2.75, 3.05) is 19.7 Å². The first-order valence-corrected chi connectivity index (χ1v) is 12.0.